The molecule has 1 amide bonds. The minimum Gasteiger partial charge on any atom is -0.368 e. The van der Waals surface area contributed by atoms with Crippen molar-refractivity contribution in [3.05, 3.63) is 34.8 Å². The lowest BCUT2D eigenvalue weighted by atomic mass is 9.96. The molecule has 10 heteroatoms. The lowest BCUT2D eigenvalue weighted by Crippen LogP contribution is -2.41. The molecule has 1 N–H and O–H groups in total. The van der Waals surface area contributed by atoms with Gasteiger partial charge in [0.25, 0.3) is 5.89 Å². The molecule has 0 aliphatic carbocycles. The monoisotopic (exact) mass is 430 g/mol. The fraction of sp³-hybridized carbons (Fsp3) is 0.450. The minimum atomic E-state index is -0.377. The molecule has 1 fully saturated rings. The number of hydrogen-bond donors (Lipinski definition) is 1. The molecular formula is C20H23FN6O2S. The number of benzene rings is 1. The van der Waals surface area contributed by atoms with E-state index in [2.05, 4.69) is 32.6 Å². The normalized spacial score (nSPS) is 16.6. The van der Waals surface area contributed by atoms with Crippen LogP contribution in [0.1, 0.15) is 37.0 Å². The van der Waals surface area contributed by atoms with Crippen LogP contribution in [0.25, 0.3) is 11.5 Å². The molecule has 1 unspecified atom stereocenters. The highest BCUT2D eigenvalue weighted by Gasteiger charge is 2.28. The van der Waals surface area contributed by atoms with Gasteiger partial charge in [-0.2, -0.15) is 4.98 Å². The molecule has 3 heterocycles. The fourth-order valence-corrected chi connectivity index (χ4v) is 4.39. The van der Waals surface area contributed by atoms with Gasteiger partial charge >= 0.3 is 0 Å². The lowest BCUT2D eigenvalue weighted by molar-refractivity contribution is -0.120. The van der Waals surface area contributed by atoms with Crippen molar-refractivity contribution in [1.82, 2.24) is 20.3 Å². The van der Waals surface area contributed by atoms with Gasteiger partial charge in [-0.15, -0.1) is 10.2 Å². The summed E-state index contributed by atoms with van der Waals surface area (Å²) in [5, 5.41) is 16.2. The van der Waals surface area contributed by atoms with E-state index < -0.39 is 0 Å². The molecule has 30 heavy (non-hydrogen) atoms. The highest BCUT2D eigenvalue weighted by molar-refractivity contribution is 7.15. The van der Waals surface area contributed by atoms with Crippen LogP contribution in [0.5, 0.6) is 0 Å². The van der Waals surface area contributed by atoms with E-state index in [9.17, 15) is 9.18 Å². The van der Waals surface area contributed by atoms with E-state index in [4.69, 9.17) is 4.52 Å². The molecular weight excluding hydrogens is 407 g/mol. The largest absolute Gasteiger partial charge is 0.368 e. The lowest BCUT2D eigenvalue weighted by Gasteiger charge is -2.33. The van der Waals surface area contributed by atoms with Crippen molar-refractivity contribution in [3.63, 3.8) is 0 Å². The predicted molar refractivity (Wildman–Crippen MR) is 112 cm³/mol. The van der Waals surface area contributed by atoms with Gasteiger partial charge in [-0.1, -0.05) is 23.4 Å². The molecule has 1 saturated heterocycles. The van der Waals surface area contributed by atoms with Gasteiger partial charge in [0, 0.05) is 25.1 Å². The van der Waals surface area contributed by atoms with Crippen LogP contribution >= 0.6 is 11.3 Å². The summed E-state index contributed by atoms with van der Waals surface area (Å²) in [5.41, 5.74) is 0.996. The van der Waals surface area contributed by atoms with Crippen molar-refractivity contribution >= 4 is 28.1 Å². The molecule has 1 atom stereocenters. The summed E-state index contributed by atoms with van der Waals surface area (Å²) in [4.78, 5) is 18.8. The van der Waals surface area contributed by atoms with Gasteiger partial charge in [0.2, 0.25) is 11.0 Å². The molecule has 1 aromatic carbocycles. The first kappa shape index (κ1) is 20.4. The molecule has 0 bridgehead atoms. The van der Waals surface area contributed by atoms with Crippen molar-refractivity contribution in [2.24, 2.45) is 5.92 Å². The third-order valence-electron chi connectivity index (χ3n) is 5.02. The zero-order valence-corrected chi connectivity index (χ0v) is 17.7. The summed E-state index contributed by atoms with van der Waals surface area (Å²) in [6.07, 6.45) is 3.39. The van der Waals surface area contributed by atoms with Crippen LogP contribution in [0.3, 0.4) is 0 Å². The summed E-state index contributed by atoms with van der Waals surface area (Å²) in [5.74, 6) is 0.0647. The maximum Gasteiger partial charge on any atom is 0.258 e. The number of hydrogen-bond acceptors (Lipinski definition) is 8. The molecule has 0 saturated carbocycles. The second-order valence-electron chi connectivity index (χ2n) is 7.34. The van der Waals surface area contributed by atoms with Crippen molar-refractivity contribution in [3.8, 4) is 11.5 Å². The van der Waals surface area contributed by atoms with E-state index >= 15 is 0 Å². The predicted octanol–water partition coefficient (Wildman–Crippen LogP) is 3.84. The van der Waals surface area contributed by atoms with Crippen molar-refractivity contribution in [1.29, 1.82) is 0 Å². The molecule has 0 spiro atoms. The number of halogens is 1. The van der Waals surface area contributed by atoms with Crippen LogP contribution < -0.4 is 10.2 Å². The zero-order chi connectivity index (χ0) is 21.1. The van der Waals surface area contributed by atoms with Crippen molar-refractivity contribution < 1.29 is 13.7 Å². The highest BCUT2D eigenvalue weighted by Crippen LogP contribution is 2.30. The number of piperidine rings is 1. The van der Waals surface area contributed by atoms with Gasteiger partial charge in [0.1, 0.15) is 10.8 Å². The summed E-state index contributed by atoms with van der Waals surface area (Å²) < 4.78 is 19.9. The van der Waals surface area contributed by atoms with Crippen LogP contribution in [0, 0.1) is 18.7 Å². The highest BCUT2D eigenvalue weighted by atomic mass is 32.1. The minimum absolute atomic E-state index is 0.0998. The van der Waals surface area contributed by atoms with E-state index in [0.717, 1.165) is 30.7 Å². The SMILES string of the molecule is CCCc1nnc(NC(=O)C2CCCN(c3ccc(-c4nc(C)no4)cc3F)C2)s1. The van der Waals surface area contributed by atoms with E-state index in [-0.39, 0.29) is 23.5 Å². The van der Waals surface area contributed by atoms with Crippen LogP contribution in [-0.2, 0) is 11.2 Å². The number of nitrogens with one attached hydrogen (secondary N) is 1. The summed E-state index contributed by atoms with van der Waals surface area (Å²) >= 11 is 1.40. The number of anilines is 2. The van der Waals surface area contributed by atoms with E-state index in [1.807, 2.05) is 4.90 Å². The fourth-order valence-electron chi connectivity index (χ4n) is 3.55. The van der Waals surface area contributed by atoms with Gasteiger partial charge in [0.15, 0.2) is 5.82 Å². The van der Waals surface area contributed by atoms with Gasteiger partial charge in [-0.25, -0.2) is 4.39 Å². The van der Waals surface area contributed by atoms with E-state index in [0.29, 0.717) is 35.3 Å². The smallest absolute Gasteiger partial charge is 0.258 e. The average molecular weight is 431 g/mol. The molecule has 1 aliphatic heterocycles. The van der Waals surface area contributed by atoms with Gasteiger partial charge < -0.3 is 14.7 Å². The van der Waals surface area contributed by atoms with Gasteiger partial charge in [-0.3, -0.25) is 4.79 Å². The second kappa shape index (κ2) is 8.86. The Balaban J connectivity index is 1.43. The Morgan fingerprint density at radius 1 is 1.40 bits per heavy atom. The van der Waals surface area contributed by atoms with Crippen molar-refractivity contribution in [2.75, 3.05) is 23.3 Å². The molecule has 8 nitrogen and oxygen atoms in total. The van der Waals surface area contributed by atoms with Crippen molar-refractivity contribution in [2.45, 2.75) is 39.5 Å². The summed E-state index contributed by atoms with van der Waals surface area (Å²) in [6, 6.07) is 4.85. The Labute approximate surface area is 177 Å². The van der Waals surface area contributed by atoms with Crippen LogP contribution in [0.2, 0.25) is 0 Å². The zero-order valence-electron chi connectivity index (χ0n) is 16.9. The number of amides is 1. The Morgan fingerprint density at radius 2 is 2.27 bits per heavy atom. The number of aryl methyl sites for hydroxylation is 2. The number of carbonyl (C=O) groups excluding carboxylic acids is 1. The first-order chi connectivity index (χ1) is 14.5. The van der Waals surface area contributed by atoms with Crippen LogP contribution in [-0.4, -0.2) is 39.3 Å². The first-order valence-electron chi connectivity index (χ1n) is 10.0. The topological polar surface area (TPSA) is 97.0 Å². The van der Waals surface area contributed by atoms with Crippen LogP contribution in [0.15, 0.2) is 22.7 Å². The third-order valence-corrected chi connectivity index (χ3v) is 5.91. The molecule has 158 valence electrons. The standard InChI is InChI=1S/C20H23FN6O2S/c1-3-5-17-24-25-20(30-17)23-18(28)14-6-4-9-27(11-14)16-8-7-13(10-15(16)21)19-22-12(2)26-29-19/h7-8,10,14H,3-6,9,11H2,1-2H3,(H,23,25,28). The van der Waals surface area contributed by atoms with E-state index in [1.165, 1.54) is 17.4 Å². The number of rotatable bonds is 6. The Bertz CT molecular complexity index is 1040. The second-order valence-corrected chi connectivity index (χ2v) is 8.40. The average Bonchev–Trinajstić information content (AvgIpc) is 3.37. The molecule has 2 aromatic heterocycles. The number of aromatic nitrogens is 4. The quantitative estimate of drug-likeness (QED) is 0.634. The van der Waals surface area contributed by atoms with Gasteiger partial charge in [-0.05, 0) is 44.4 Å². The number of nitrogens with zero attached hydrogens (tertiary/aromatic N) is 5. The van der Waals surface area contributed by atoms with E-state index in [1.54, 1.807) is 19.1 Å². The maximum absolute atomic E-state index is 14.8. The summed E-state index contributed by atoms with van der Waals surface area (Å²) in [7, 11) is 0. The third kappa shape index (κ3) is 4.48. The maximum atomic E-state index is 14.8. The Kier molecular flexibility index (Phi) is 6.03. The van der Waals surface area contributed by atoms with Crippen LogP contribution in [0.4, 0.5) is 15.2 Å². The first-order valence-corrected chi connectivity index (χ1v) is 10.8. The number of carbonyl (C=O) groups is 1. The van der Waals surface area contributed by atoms with Gasteiger partial charge in [0.05, 0.1) is 11.6 Å². The molecule has 3 aromatic rings. The molecule has 0 radical (unpaired) electrons. The Hall–Kier alpha value is -2.88. The Morgan fingerprint density at radius 3 is 3.00 bits per heavy atom. The summed E-state index contributed by atoms with van der Waals surface area (Å²) in [6.45, 7) is 4.93. The molecule has 4 rings (SSSR count). The molecule has 1 aliphatic rings.